The lowest BCUT2D eigenvalue weighted by atomic mass is 10.4. The topological polar surface area (TPSA) is 118 Å². The van der Waals surface area contributed by atoms with Gasteiger partial charge in [0, 0.05) is 6.07 Å². The van der Waals surface area contributed by atoms with E-state index in [4.69, 9.17) is 16.2 Å². The summed E-state index contributed by atoms with van der Waals surface area (Å²) in [5.41, 5.74) is 11.5. The first-order valence-corrected chi connectivity index (χ1v) is 4.55. The molecule has 0 radical (unpaired) electrons. The second-order valence-electron chi connectivity index (χ2n) is 3.18. The zero-order valence-corrected chi connectivity index (χ0v) is 8.08. The average molecular weight is 211 g/mol. The number of rotatable bonds is 2. The average Bonchev–Trinajstić information content (AvgIpc) is 2.70. The summed E-state index contributed by atoms with van der Waals surface area (Å²) in [5, 5.41) is 15.8. The Balaban J connectivity index is 2.03. The highest BCUT2D eigenvalue weighted by atomic mass is 16.5. The highest BCUT2D eigenvalue weighted by Crippen LogP contribution is 2.11. The molecule has 0 saturated carbocycles. The summed E-state index contributed by atoms with van der Waals surface area (Å²) in [6.45, 7) is 0.797. The Morgan fingerprint density at radius 2 is 2.20 bits per heavy atom. The summed E-state index contributed by atoms with van der Waals surface area (Å²) in [6, 6.07) is 1.70. The molecule has 1 fully saturated rings. The predicted molar refractivity (Wildman–Crippen MR) is 51.7 cm³/mol. The van der Waals surface area contributed by atoms with Crippen molar-refractivity contribution in [2.24, 2.45) is 21.8 Å². The molecule has 5 N–H and O–H groups in total. The fraction of sp³-hybridized carbons (Fsp3) is 0.571. The van der Waals surface area contributed by atoms with Crippen molar-refractivity contribution in [3.8, 4) is 0 Å². The molecule has 1 aliphatic heterocycles. The molecule has 1 saturated heterocycles. The molecule has 2 rings (SSSR count). The molecular weight excluding hydrogens is 198 g/mol. The number of nitrogens with two attached hydrogens (primary N) is 2. The molecule has 0 aromatic carbocycles. The van der Waals surface area contributed by atoms with Gasteiger partial charge in [-0.1, -0.05) is 5.22 Å². The number of hydrogen-bond acceptors (Lipinski definition) is 6. The summed E-state index contributed by atoms with van der Waals surface area (Å²) in [5.74, 6) is 0.556. The first-order chi connectivity index (χ1) is 7.27. The van der Waals surface area contributed by atoms with Gasteiger partial charge in [-0.2, -0.15) is 5.10 Å². The van der Waals surface area contributed by atoms with Gasteiger partial charge in [-0.15, -0.1) is 5.11 Å². The Kier molecular flexibility index (Phi) is 2.90. The molecule has 2 unspecified atom stereocenters. The van der Waals surface area contributed by atoms with Crippen LogP contribution in [0.4, 0.5) is 5.82 Å². The van der Waals surface area contributed by atoms with Crippen LogP contribution in [-0.4, -0.2) is 40.8 Å². The lowest BCUT2D eigenvalue weighted by molar-refractivity contribution is -0.0482. The largest absolute Gasteiger partial charge is 0.374 e. The minimum atomic E-state index is -0.361. The maximum atomic E-state index is 5.75. The maximum absolute atomic E-state index is 5.75. The van der Waals surface area contributed by atoms with Crippen LogP contribution in [0.3, 0.4) is 0 Å². The van der Waals surface area contributed by atoms with Crippen molar-refractivity contribution in [2.75, 3.05) is 13.2 Å². The molecule has 8 nitrogen and oxygen atoms in total. The normalized spacial score (nSPS) is 27.5. The van der Waals surface area contributed by atoms with Crippen molar-refractivity contribution in [2.45, 2.75) is 12.3 Å². The highest BCUT2D eigenvalue weighted by Gasteiger charge is 2.25. The summed E-state index contributed by atoms with van der Waals surface area (Å²) >= 11 is 0. The standard InChI is InChI=1S/C7H13N7O/c8-5-3-15-4-6(9)14(5)13-12-7-1-2-10-11-7/h1-2,5-6H,3-4,8-9H2,(H,10,11). The van der Waals surface area contributed by atoms with E-state index in [9.17, 15) is 0 Å². The molecule has 2 atom stereocenters. The van der Waals surface area contributed by atoms with Gasteiger partial charge in [0.05, 0.1) is 19.4 Å². The van der Waals surface area contributed by atoms with Gasteiger partial charge in [-0.3, -0.25) is 5.10 Å². The van der Waals surface area contributed by atoms with E-state index in [-0.39, 0.29) is 12.3 Å². The van der Waals surface area contributed by atoms with Crippen molar-refractivity contribution in [3.63, 3.8) is 0 Å². The van der Waals surface area contributed by atoms with Crippen LogP contribution in [-0.2, 0) is 4.74 Å². The van der Waals surface area contributed by atoms with E-state index in [1.165, 1.54) is 5.01 Å². The molecule has 0 spiro atoms. The second kappa shape index (κ2) is 4.34. The lowest BCUT2D eigenvalue weighted by Gasteiger charge is -2.34. The molecule has 15 heavy (non-hydrogen) atoms. The summed E-state index contributed by atoms with van der Waals surface area (Å²) in [4.78, 5) is 0. The minimum Gasteiger partial charge on any atom is -0.374 e. The number of aromatic nitrogens is 2. The Morgan fingerprint density at radius 3 is 2.80 bits per heavy atom. The van der Waals surface area contributed by atoms with Gasteiger partial charge in [-0.05, 0) is 0 Å². The number of aromatic amines is 1. The zero-order chi connectivity index (χ0) is 10.7. The maximum Gasteiger partial charge on any atom is 0.172 e. The Bertz CT molecular complexity index is 314. The zero-order valence-electron chi connectivity index (χ0n) is 8.08. The minimum absolute atomic E-state index is 0.361. The fourth-order valence-corrected chi connectivity index (χ4v) is 1.24. The van der Waals surface area contributed by atoms with E-state index in [0.29, 0.717) is 19.0 Å². The van der Waals surface area contributed by atoms with Crippen LogP contribution in [0.25, 0.3) is 0 Å². The van der Waals surface area contributed by atoms with Gasteiger partial charge in [-0.25, -0.2) is 5.01 Å². The fourth-order valence-electron chi connectivity index (χ4n) is 1.24. The highest BCUT2D eigenvalue weighted by molar-refractivity contribution is 5.21. The van der Waals surface area contributed by atoms with Crippen LogP contribution in [0, 0.1) is 0 Å². The van der Waals surface area contributed by atoms with Crippen LogP contribution in [0.1, 0.15) is 0 Å². The van der Waals surface area contributed by atoms with Crippen LogP contribution < -0.4 is 11.5 Å². The van der Waals surface area contributed by atoms with Gasteiger partial charge in [0.2, 0.25) is 0 Å². The smallest absolute Gasteiger partial charge is 0.172 e. The monoisotopic (exact) mass is 211 g/mol. The van der Waals surface area contributed by atoms with E-state index in [0.717, 1.165) is 0 Å². The van der Waals surface area contributed by atoms with Crippen molar-refractivity contribution >= 4 is 5.82 Å². The Morgan fingerprint density at radius 1 is 1.47 bits per heavy atom. The molecule has 8 heteroatoms. The van der Waals surface area contributed by atoms with E-state index in [1.54, 1.807) is 12.3 Å². The molecule has 2 heterocycles. The van der Waals surface area contributed by atoms with Crippen LogP contribution >= 0.6 is 0 Å². The molecule has 1 aromatic rings. The molecule has 0 amide bonds. The lowest BCUT2D eigenvalue weighted by Crippen LogP contribution is -2.57. The first-order valence-electron chi connectivity index (χ1n) is 4.55. The van der Waals surface area contributed by atoms with Gasteiger partial charge in [0.1, 0.15) is 12.3 Å². The van der Waals surface area contributed by atoms with Gasteiger partial charge in [0.15, 0.2) is 5.82 Å². The number of morpholine rings is 1. The molecule has 1 aromatic heterocycles. The van der Waals surface area contributed by atoms with Crippen LogP contribution in [0.2, 0.25) is 0 Å². The predicted octanol–water partition coefficient (Wildman–Crippen LogP) is -0.690. The number of ether oxygens (including phenoxy) is 1. The summed E-state index contributed by atoms with van der Waals surface area (Å²) in [7, 11) is 0. The second-order valence-corrected chi connectivity index (χ2v) is 3.18. The van der Waals surface area contributed by atoms with E-state index in [1.807, 2.05) is 0 Å². The number of hydrogen-bond donors (Lipinski definition) is 3. The quantitative estimate of drug-likeness (QED) is 0.559. The third-order valence-electron chi connectivity index (χ3n) is 2.00. The van der Waals surface area contributed by atoms with Crippen LogP contribution in [0.5, 0.6) is 0 Å². The Labute approximate surface area is 86.3 Å². The van der Waals surface area contributed by atoms with Gasteiger partial charge in [0.25, 0.3) is 0 Å². The van der Waals surface area contributed by atoms with E-state index in [2.05, 4.69) is 20.5 Å². The van der Waals surface area contributed by atoms with Crippen molar-refractivity contribution in [1.29, 1.82) is 0 Å². The summed E-state index contributed by atoms with van der Waals surface area (Å²) < 4.78 is 5.15. The van der Waals surface area contributed by atoms with Crippen molar-refractivity contribution in [1.82, 2.24) is 15.2 Å². The van der Waals surface area contributed by atoms with Crippen molar-refractivity contribution in [3.05, 3.63) is 12.3 Å². The van der Waals surface area contributed by atoms with Gasteiger partial charge < -0.3 is 16.2 Å². The van der Waals surface area contributed by atoms with E-state index < -0.39 is 0 Å². The molecule has 0 aliphatic carbocycles. The van der Waals surface area contributed by atoms with Crippen LogP contribution in [0.15, 0.2) is 22.6 Å². The molecule has 0 bridgehead atoms. The Hall–Kier alpha value is -1.51. The number of H-pyrrole nitrogens is 1. The summed E-state index contributed by atoms with van der Waals surface area (Å²) in [6.07, 6.45) is 0.869. The molecule has 82 valence electrons. The SMILES string of the molecule is NC1COCC(N)N1N=Nc1ccn[nH]1. The van der Waals surface area contributed by atoms with Gasteiger partial charge >= 0.3 is 0 Å². The third kappa shape index (κ3) is 2.29. The van der Waals surface area contributed by atoms with E-state index >= 15 is 0 Å². The number of nitrogens with one attached hydrogen (secondary N) is 1. The first kappa shape index (κ1) is 10.0. The third-order valence-corrected chi connectivity index (χ3v) is 2.00. The molecule has 1 aliphatic rings. The van der Waals surface area contributed by atoms with Crippen molar-refractivity contribution < 1.29 is 4.74 Å². The number of nitrogens with zero attached hydrogens (tertiary/aromatic N) is 4. The molecular formula is C7H13N7O.